The van der Waals surface area contributed by atoms with Gasteiger partial charge in [-0.05, 0) is 72.4 Å². The largest absolute Gasteiger partial charge is 0.378 e. The van der Waals surface area contributed by atoms with E-state index in [-0.39, 0.29) is 6.04 Å². The Kier molecular flexibility index (Phi) is 5.88. The van der Waals surface area contributed by atoms with Crippen LogP contribution < -0.4 is 11.3 Å². The van der Waals surface area contributed by atoms with Crippen LogP contribution in [0.5, 0.6) is 0 Å². The van der Waals surface area contributed by atoms with Crippen molar-refractivity contribution in [2.24, 2.45) is 5.84 Å². The molecule has 1 aromatic carbocycles. The summed E-state index contributed by atoms with van der Waals surface area (Å²) in [6.07, 6.45) is 6.31. The maximum absolute atomic E-state index is 5.67. The number of rotatable bonds is 6. The fraction of sp³-hybridized carbons (Fsp3) is 0.571. The lowest BCUT2D eigenvalue weighted by atomic mass is 10.00. The third-order valence-corrected chi connectivity index (χ3v) is 4.17. The molecule has 2 atom stereocenters. The van der Waals surface area contributed by atoms with Crippen molar-refractivity contribution in [1.29, 1.82) is 0 Å². The minimum atomic E-state index is 0.251. The van der Waals surface area contributed by atoms with Crippen LogP contribution in [-0.4, -0.2) is 12.7 Å². The molecule has 1 aliphatic rings. The second-order valence-electron chi connectivity index (χ2n) is 4.84. The summed E-state index contributed by atoms with van der Waals surface area (Å²) in [5, 5.41) is 0. The maximum atomic E-state index is 5.67. The molecule has 0 aliphatic carbocycles. The van der Waals surface area contributed by atoms with Crippen LogP contribution in [0, 0.1) is 3.57 Å². The molecule has 1 saturated heterocycles. The van der Waals surface area contributed by atoms with Crippen LogP contribution in [0.15, 0.2) is 24.3 Å². The van der Waals surface area contributed by atoms with Crippen molar-refractivity contribution in [3.8, 4) is 0 Å². The van der Waals surface area contributed by atoms with E-state index in [2.05, 4.69) is 52.3 Å². The van der Waals surface area contributed by atoms with E-state index in [0.29, 0.717) is 6.10 Å². The van der Waals surface area contributed by atoms with Gasteiger partial charge in [0.05, 0.1) is 6.10 Å². The molecular weight excluding hydrogens is 339 g/mol. The standard InChI is InChI=1S/C14H21IN2O/c15-12-5-1-4-11(10-12)14(17-16)8-2-6-13-7-3-9-18-13/h1,4-5,10,13-14,17H,2-3,6-9,16H2. The van der Waals surface area contributed by atoms with Crippen LogP contribution in [-0.2, 0) is 4.74 Å². The van der Waals surface area contributed by atoms with Crippen LogP contribution in [0.1, 0.15) is 43.7 Å². The van der Waals surface area contributed by atoms with Gasteiger partial charge < -0.3 is 4.74 Å². The van der Waals surface area contributed by atoms with E-state index < -0.39 is 0 Å². The highest BCUT2D eigenvalue weighted by atomic mass is 127. The van der Waals surface area contributed by atoms with E-state index >= 15 is 0 Å². The van der Waals surface area contributed by atoms with Crippen LogP contribution in [0.4, 0.5) is 0 Å². The van der Waals surface area contributed by atoms with Crippen LogP contribution in [0.2, 0.25) is 0 Å². The zero-order chi connectivity index (χ0) is 12.8. The zero-order valence-corrected chi connectivity index (χ0v) is 12.7. The highest BCUT2D eigenvalue weighted by Crippen LogP contribution is 2.23. The summed E-state index contributed by atoms with van der Waals surface area (Å²) in [4.78, 5) is 0. The van der Waals surface area contributed by atoms with Crippen LogP contribution >= 0.6 is 22.6 Å². The minimum Gasteiger partial charge on any atom is -0.378 e. The first-order valence-corrected chi connectivity index (χ1v) is 7.70. The molecule has 0 bridgehead atoms. The molecule has 0 saturated carbocycles. The van der Waals surface area contributed by atoms with Crippen LogP contribution in [0.3, 0.4) is 0 Å². The molecular formula is C14H21IN2O. The Labute approximate surface area is 123 Å². The molecule has 18 heavy (non-hydrogen) atoms. The van der Waals surface area contributed by atoms with Crippen molar-refractivity contribution in [1.82, 2.24) is 5.43 Å². The lowest BCUT2D eigenvalue weighted by molar-refractivity contribution is 0.101. The molecule has 3 nitrogen and oxygen atoms in total. The van der Waals surface area contributed by atoms with Crippen molar-refractivity contribution in [2.75, 3.05) is 6.61 Å². The van der Waals surface area contributed by atoms with Crippen molar-refractivity contribution < 1.29 is 4.74 Å². The number of benzene rings is 1. The number of hydrogen-bond donors (Lipinski definition) is 2. The highest BCUT2D eigenvalue weighted by molar-refractivity contribution is 14.1. The first-order valence-electron chi connectivity index (χ1n) is 6.63. The Morgan fingerprint density at radius 1 is 1.50 bits per heavy atom. The number of nitrogens with two attached hydrogens (primary N) is 1. The number of hydrogen-bond acceptors (Lipinski definition) is 3. The summed E-state index contributed by atoms with van der Waals surface area (Å²) in [6.45, 7) is 0.945. The molecule has 0 spiro atoms. The Hall–Kier alpha value is -0.170. The van der Waals surface area contributed by atoms with E-state index in [4.69, 9.17) is 10.6 Å². The molecule has 1 heterocycles. The van der Waals surface area contributed by atoms with Gasteiger partial charge in [0.1, 0.15) is 0 Å². The van der Waals surface area contributed by atoms with E-state index in [0.717, 1.165) is 25.9 Å². The average Bonchev–Trinajstić information content (AvgIpc) is 2.88. The monoisotopic (exact) mass is 360 g/mol. The van der Waals surface area contributed by atoms with Crippen molar-refractivity contribution in [2.45, 2.75) is 44.2 Å². The Morgan fingerprint density at radius 3 is 3.06 bits per heavy atom. The van der Waals surface area contributed by atoms with Gasteiger partial charge in [0.2, 0.25) is 0 Å². The normalized spacial score (nSPS) is 21.1. The van der Waals surface area contributed by atoms with Gasteiger partial charge >= 0.3 is 0 Å². The van der Waals surface area contributed by atoms with E-state index in [1.54, 1.807) is 0 Å². The third kappa shape index (κ3) is 4.19. The fourth-order valence-electron chi connectivity index (χ4n) is 2.49. The summed E-state index contributed by atoms with van der Waals surface area (Å²) >= 11 is 2.34. The van der Waals surface area contributed by atoms with Crippen molar-refractivity contribution >= 4 is 22.6 Å². The molecule has 1 fully saturated rings. The first kappa shape index (κ1) is 14.2. The van der Waals surface area contributed by atoms with E-state index in [1.807, 2.05) is 0 Å². The zero-order valence-electron chi connectivity index (χ0n) is 10.6. The van der Waals surface area contributed by atoms with Gasteiger partial charge in [0.25, 0.3) is 0 Å². The molecule has 1 aromatic rings. The van der Waals surface area contributed by atoms with E-state index in [9.17, 15) is 0 Å². The third-order valence-electron chi connectivity index (χ3n) is 3.50. The fourth-order valence-corrected chi connectivity index (χ4v) is 3.06. The maximum Gasteiger partial charge on any atom is 0.0576 e. The highest BCUT2D eigenvalue weighted by Gasteiger charge is 2.16. The summed E-state index contributed by atoms with van der Waals surface area (Å²) in [6, 6.07) is 8.77. The van der Waals surface area contributed by atoms with Gasteiger partial charge in [0, 0.05) is 16.2 Å². The summed E-state index contributed by atoms with van der Waals surface area (Å²) in [7, 11) is 0. The number of ether oxygens (including phenoxy) is 1. The number of halogens is 1. The summed E-state index contributed by atoms with van der Waals surface area (Å²) < 4.78 is 6.89. The molecule has 0 radical (unpaired) electrons. The Balaban J connectivity index is 1.81. The smallest absolute Gasteiger partial charge is 0.0576 e. The lowest BCUT2D eigenvalue weighted by Crippen LogP contribution is -2.28. The molecule has 0 aromatic heterocycles. The van der Waals surface area contributed by atoms with Crippen LogP contribution in [0.25, 0.3) is 0 Å². The molecule has 0 amide bonds. The topological polar surface area (TPSA) is 47.3 Å². The number of hydrazine groups is 1. The van der Waals surface area contributed by atoms with Gasteiger partial charge in [-0.1, -0.05) is 12.1 Å². The predicted molar refractivity (Wildman–Crippen MR) is 82.0 cm³/mol. The molecule has 100 valence electrons. The second-order valence-corrected chi connectivity index (χ2v) is 6.09. The lowest BCUT2D eigenvalue weighted by Gasteiger charge is -2.17. The van der Waals surface area contributed by atoms with Gasteiger partial charge in [-0.15, -0.1) is 0 Å². The quantitative estimate of drug-likeness (QED) is 0.466. The Morgan fingerprint density at radius 2 is 2.39 bits per heavy atom. The van der Waals surface area contributed by atoms with Gasteiger partial charge in [-0.25, -0.2) is 0 Å². The molecule has 1 aliphatic heterocycles. The summed E-state index contributed by atoms with van der Waals surface area (Å²) in [5.41, 5.74) is 4.20. The van der Waals surface area contributed by atoms with Gasteiger partial charge in [0.15, 0.2) is 0 Å². The van der Waals surface area contributed by atoms with Gasteiger partial charge in [-0.2, -0.15) is 0 Å². The van der Waals surface area contributed by atoms with Crippen molar-refractivity contribution in [3.05, 3.63) is 33.4 Å². The molecule has 4 heteroatoms. The first-order chi connectivity index (χ1) is 8.79. The number of nitrogens with one attached hydrogen (secondary N) is 1. The molecule has 2 unspecified atom stereocenters. The predicted octanol–water partition coefficient (Wildman–Crippen LogP) is 3.14. The molecule has 2 rings (SSSR count). The SMILES string of the molecule is NNC(CCCC1CCCO1)c1cccc(I)c1. The average molecular weight is 360 g/mol. The van der Waals surface area contributed by atoms with E-state index in [1.165, 1.54) is 22.0 Å². The van der Waals surface area contributed by atoms with Gasteiger partial charge in [-0.3, -0.25) is 11.3 Å². The second kappa shape index (κ2) is 7.43. The Bertz CT molecular complexity index is 367. The molecule has 3 N–H and O–H groups in total. The minimum absolute atomic E-state index is 0.251. The van der Waals surface area contributed by atoms with Crippen molar-refractivity contribution in [3.63, 3.8) is 0 Å². The summed E-state index contributed by atoms with van der Waals surface area (Å²) in [5.74, 6) is 5.67.